The Balaban J connectivity index is 1.72. The van der Waals surface area contributed by atoms with E-state index in [1.165, 1.54) is 35.6 Å². The second-order valence-electron chi connectivity index (χ2n) is 5.84. The van der Waals surface area contributed by atoms with E-state index >= 15 is 0 Å². The van der Waals surface area contributed by atoms with E-state index in [-0.39, 0.29) is 18.4 Å². The lowest BCUT2D eigenvalue weighted by Gasteiger charge is -2.32. The molecule has 1 fully saturated rings. The molecule has 0 aromatic carbocycles. The Kier molecular flexibility index (Phi) is 6.39. The van der Waals surface area contributed by atoms with E-state index in [1.807, 2.05) is 11.4 Å². The molecule has 6 heteroatoms. The van der Waals surface area contributed by atoms with Gasteiger partial charge in [-0.05, 0) is 43.3 Å². The summed E-state index contributed by atoms with van der Waals surface area (Å²) in [5.41, 5.74) is 0. The van der Waals surface area contributed by atoms with Crippen molar-refractivity contribution >= 4 is 23.2 Å². The number of piperidine rings is 1. The van der Waals surface area contributed by atoms with Crippen LogP contribution in [0.25, 0.3) is 0 Å². The summed E-state index contributed by atoms with van der Waals surface area (Å²) in [6, 6.07) is 3.62. The average Bonchev–Trinajstić information content (AvgIpc) is 3.06. The minimum Gasteiger partial charge on any atom is -0.354 e. The molecule has 0 saturated carbocycles. The first-order valence-corrected chi connectivity index (χ1v) is 8.76. The van der Waals surface area contributed by atoms with E-state index in [0.717, 1.165) is 13.1 Å². The van der Waals surface area contributed by atoms with Gasteiger partial charge in [0.05, 0.1) is 11.4 Å². The van der Waals surface area contributed by atoms with Crippen molar-refractivity contribution in [3.8, 4) is 0 Å². The number of hydrogen-bond acceptors (Lipinski definition) is 4. The van der Waals surface area contributed by atoms with Crippen LogP contribution in [0.5, 0.6) is 0 Å². The van der Waals surface area contributed by atoms with E-state index < -0.39 is 0 Å². The number of carbonyl (C=O) groups is 2. The summed E-state index contributed by atoms with van der Waals surface area (Å²) in [6.45, 7) is 6.28. The van der Waals surface area contributed by atoms with Crippen LogP contribution in [-0.2, 0) is 4.79 Å². The molecule has 1 aromatic heterocycles. The summed E-state index contributed by atoms with van der Waals surface area (Å²) in [5.74, 6) is 0.344. The van der Waals surface area contributed by atoms with E-state index in [4.69, 9.17) is 0 Å². The maximum absolute atomic E-state index is 12.1. The van der Waals surface area contributed by atoms with Crippen LogP contribution in [0.4, 0.5) is 0 Å². The Bertz CT molecular complexity index is 490. The van der Waals surface area contributed by atoms with E-state index in [2.05, 4.69) is 17.1 Å². The Labute approximate surface area is 136 Å². The summed E-state index contributed by atoms with van der Waals surface area (Å²) in [6.07, 6.45) is 2.37. The number of hydrogen-bond donors (Lipinski definition) is 1. The molecule has 1 unspecified atom stereocenters. The number of nitrogens with zero attached hydrogens (tertiary/aromatic N) is 2. The van der Waals surface area contributed by atoms with Crippen molar-refractivity contribution in [3.63, 3.8) is 0 Å². The van der Waals surface area contributed by atoms with Crippen LogP contribution in [0.2, 0.25) is 0 Å². The summed E-state index contributed by atoms with van der Waals surface area (Å²) in [5, 5.41) is 4.84. The van der Waals surface area contributed by atoms with Crippen LogP contribution in [0, 0.1) is 5.92 Å². The van der Waals surface area contributed by atoms with Crippen molar-refractivity contribution in [2.24, 2.45) is 5.92 Å². The van der Waals surface area contributed by atoms with Gasteiger partial charge in [-0.15, -0.1) is 11.3 Å². The number of likely N-dealkylation sites (N-methyl/N-ethyl adjacent to an activating group) is 1. The highest BCUT2D eigenvalue weighted by Gasteiger charge is 2.20. The maximum atomic E-state index is 12.1. The van der Waals surface area contributed by atoms with Crippen molar-refractivity contribution in [1.29, 1.82) is 0 Å². The predicted molar refractivity (Wildman–Crippen MR) is 89.1 cm³/mol. The lowest BCUT2D eigenvalue weighted by atomic mass is 9.98. The third-order valence-electron chi connectivity index (χ3n) is 4.10. The van der Waals surface area contributed by atoms with E-state index in [1.54, 1.807) is 13.1 Å². The summed E-state index contributed by atoms with van der Waals surface area (Å²) < 4.78 is 0. The van der Waals surface area contributed by atoms with E-state index in [9.17, 15) is 9.59 Å². The minimum absolute atomic E-state index is 0.0824. The zero-order valence-electron chi connectivity index (χ0n) is 13.4. The summed E-state index contributed by atoms with van der Waals surface area (Å²) in [4.78, 5) is 28.6. The molecule has 0 bridgehead atoms. The SMILES string of the molecule is CCN1CCCC(CNC(=O)CN(C)C(=O)c2cccs2)C1. The van der Waals surface area contributed by atoms with Crippen LogP contribution >= 0.6 is 11.3 Å². The summed E-state index contributed by atoms with van der Waals surface area (Å²) in [7, 11) is 1.67. The Hall–Kier alpha value is -1.40. The fourth-order valence-electron chi connectivity index (χ4n) is 2.79. The first kappa shape index (κ1) is 17.0. The molecule has 2 amide bonds. The second-order valence-corrected chi connectivity index (χ2v) is 6.79. The fraction of sp³-hybridized carbons (Fsp3) is 0.625. The van der Waals surface area contributed by atoms with Gasteiger partial charge in [-0.2, -0.15) is 0 Å². The molecule has 1 N–H and O–H groups in total. The van der Waals surface area contributed by atoms with Gasteiger partial charge in [-0.25, -0.2) is 0 Å². The molecule has 2 heterocycles. The highest BCUT2D eigenvalue weighted by molar-refractivity contribution is 7.12. The second kappa shape index (κ2) is 8.29. The van der Waals surface area contributed by atoms with Gasteiger partial charge in [-0.3, -0.25) is 9.59 Å². The van der Waals surface area contributed by atoms with Gasteiger partial charge in [0, 0.05) is 20.1 Å². The smallest absolute Gasteiger partial charge is 0.264 e. The number of nitrogens with one attached hydrogen (secondary N) is 1. The molecular weight excluding hydrogens is 298 g/mol. The zero-order chi connectivity index (χ0) is 15.9. The number of rotatable bonds is 6. The molecule has 1 aromatic rings. The molecule has 122 valence electrons. The molecule has 1 aliphatic heterocycles. The number of carbonyl (C=O) groups excluding carboxylic acids is 2. The first-order valence-electron chi connectivity index (χ1n) is 7.88. The molecule has 0 spiro atoms. The predicted octanol–water partition coefficient (Wildman–Crippen LogP) is 1.67. The van der Waals surface area contributed by atoms with Gasteiger partial charge in [0.1, 0.15) is 0 Å². The third kappa shape index (κ3) is 4.81. The molecule has 0 aliphatic carbocycles. The van der Waals surface area contributed by atoms with Gasteiger partial charge in [0.15, 0.2) is 0 Å². The molecule has 2 rings (SSSR count). The van der Waals surface area contributed by atoms with Gasteiger partial charge in [-0.1, -0.05) is 13.0 Å². The normalized spacial score (nSPS) is 18.9. The number of thiophene rings is 1. The van der Waals surface area contributed by atoms with Gasteiger partial charge in [0.25, 0.3) is 5.91 Å². The fourth-order valence-corrected chi connectivity index (χ4v) is 3.51. The Morgan fingerprint density at radius 2 is 2.32 bits per heavy atom. The molecule has 0 radical (unpaired) electrons. The monoisotopic (exact) mass is 323 g/mol. The molecule has 1 saturated heterocycles. The van der Waals surface area contributed by atoms with Gasteiger partial charge < -0.3 is 15.1 Å². The van der Waals surface area contributed by atoms with Crippen molar-refractivity contribution in [3.05, 3.63) is 22.4 Å². The molecule has 1 atom stereocenters. The quantitative estimate of drug-likeness (QED) is 0.866. The number of likely N-dealkylation sites (tertiary alicyclic amines) is 1. The van der Waals surface area contributed by atoms with Crippen LogP contribution in [0.1, 0.15) is 29.4 Å². The van der Waals surface area contributed by atoms with Crippen molar-refractivity contribution in [1.82, 2.24) is 15.1 Å². The van der Waals surface area contributed by atoms with Gasteiger partial charge >= 0.3 is 0 Å². The lowest BCUT2D eigenvalue weighted by Crippen LogP contribution is -2.43. The average molecular weight is 323 g/mol. The Morgan fingerprint density at radius 3 is 3.00 bits per heavy atom. The van der Waals surface area contributed by atoms with E-state index in [0.29, 0.717) is 17.3 Å². The van der Waals surface area contributed by atoms with Gasteiger partial charge in [0.2, 0.25) is 5.91 Å². The highest BCUT2D eigenvalue weighted by atomic mass is 32.1. The molecular formula is C16H25N3O2S. The standard InChI is InChI=1S/C16H25N3O2S/c1-3-19-8-4-6-13(11-19)10-17-15(20)12-18(2)16(21)14-7-5-9-22-14/h5,7,9,13H,3-4,6,8,10-12H2,1-2H3,(H,17,20). The number of amides is 2. The minimum atomic E-state index is -0.0972. The molecule has 22 heavy (non-hydrogen) atoms. The van der Waals surface area contributed by atoms with Crippen molar-refractivity contribution in [2.75, 3.05) is 39.8 Å². The molecule has 5 nitrogen and oxygen atoms in total. The van der Waals surface area contributed by atoms with Crippen LogP contribution < -0.4 is 5.32 Å². The van der Waals surface area contributed by atoms with Crippen molar-refractivity contribution in [2.45, 2.75) is 19.8 Å². The molecule has 1 aliphatic rings. The van der Waals surface area contributed by atoms with Crippen LogP contribution in [-0.4, -0.2) is 61.4 Å². The van der Waals surface area contributed by atoms with Crippen LogP contribution in [0.15, 0.2) is 17.5 Å². The third-order valence-corrected chi connectivity index (χ3v) is 4.96. The summed E-state index contributed by atoms with van der Waals surface area (Å²) >= 11 is 1.40. The largest absolute Gasteiger partial charge is 0.354 e. The highest BCUT2D eigenvalue weighted by Crippen LogP contribution is 2.15. The Morgan fingerprint density at radius 1 is 1.50 bits per heavy atom. The van der Waals surface area contributed by atoms with Crippen molar-refractivity contribution < 1.29 is 9.59 Å². The zero-order valence-corrected chi connectivity index (χ0v) is 14.2. The van der Waals surface area contributed by atoms with Crippen LogP contribution in [0.3, 0.4) is 0 Å². The first-order chi connectivity index (χ1) is 10.6. The topological polar surface area (TPSA) is 52.7 Å². The maximum Gasteiger partial charge on any atom is 0.264 e. The lowest BCUT2D eigenvalue weighted by molar-refractivity contribution is -0.121.